The van der Waals surface area contributed by atoms with Gasteiger partial charge in [0, 0.05) is 13.1 Å². The largest absolute Gasteiger partial charge is 0.390 e. The molecule has 1 aliphatic heterocycles. The van der Waals surface area contributed by atoms with Crippen molar-refractivity contribution in [2.45, 2.75) is 20.0 Å². The standard InChI is InChI=1S/C11H15N3O/c1-9-3-2-4-14(7-9)11-6-12-5-10(8-15)13-11/h3,5-6,15H,2,4,7-8H2,1H3. The topological polar surface area (TPSA) is 49.2 Å². The molecule has 0 bridgehead atoms. The van der Waals surface area contributed by atoms with E-state index in [4.69, 9.17) is 5.11 Å². The van der Waals surface area contributed by atoms with Crippen LogP contribution in [-0.4, -0.2) is 28.2 Å². The van der Waals surface area contributed by atoms with Crippen LogP contribution in [0.4, 0.5) is 5.82 Å². The van der Waals surface area contributed by atoms with Crippen LogP contribution in [0, 0.1) is 0 Å². The summed E-state index contributed by atoms with van der Waals surface area (Å²) in [6, 6.07) is 0. The molecule has 0 saturated carbocycles. The second kappa shape index (κ2) is 4.40. The maximum Gasteiger partial charge on any atom is 0.147 e. The van der Waals surface area contributed by atoms with Crippen LogP contribution in [0.3, 0.4) is 0 Å². The Balaban J connectivity index is 2.18. The third kappa shape index (κ3) is 2.33. The van der Waals surface area contributed by atoms with Gasteiger partial charge in [-0.05, 0) is 13.3 Å². The monoisotopic (exact) mass is 205 g/mol. The third-order valence-electron chi connectivity index (χ3n) is 2.49. The number of aliphatic hydroxyl groups excluding tert-OH is 1. The van der Waals surface area contributed by atoms with E-state index in [2.05, 4.69) is 27.9 Å². The number of rotatable bonds is 2. The molecule has 1 aliphatic rings. The first-order valence-corrected chi connectivity index (χ1v) is 5.12. The zero-order chi connectivity index (χ0) is 10.7. The van der Waals surface area contributed by atoms with Gasteiger partial charge in [-0.25, -0.2) is 4.98 Å². The molecule has 0 amide bonds. The number of nitrogens with zero attached hydrogens (tertiary/aromatic N) is 3. The van der Waals surface area contributed by atoms with Crippen molar-refractivity contribution in [2.75, 3.05) is 18.0 Å². The molecule has 15 heavy (non-hydrogen) atoms. The van der Waals surface area contributed by atoms with Gasteiger partial charge in [-0.15, -0.1) is 0 Å². The minimum atomic E-state index is -0.0521. The lowest BCUT2D eigenvalue weighted by Gasteiger charge is -2.27. The normalized spacial score (nSPS) is 16.4. The predicted molar refractivity (Wildman–Crippen MR) is 58.5 cm³/mol. The van der Waals surface area contributed by atoms with Gasteiger partial charge < -0.3 is 10.0 Å². The van der Waals surface area contributed by atoms with Gasteiger partial charge in [-0.1, -0.05) is 11.6 Å². The molecule has 0 fully saturated rings. The molecule has 1 aromatic rings. The summed E-state index contributed by atoms with van der Waals surface area (Å²) in [5.41, 5.74) is 1.98. The molecule has 80 valence electrons. The highest BCUT2D eigenvalue weighted by Crippen LogP contribution is 2.16. The lowest BCUT2D eigenvalue weighted by atomic mass is 10.1. The summed E-state index contributed by atoms with van der Waals surface area (Å²) in [6.45, 7) is 3.95. The summed E-state index contributed by atoms with van der Waals surface area (Å²) < 4.78 is 0. The Morgan fingerprint density at radius 3 is 3.07 bits per heavy atom. The van der Waals surface area contributed by atoms with Gasteiger partial charge in [0.15, 0.2) is 0 Å². The fourth-order valence-electron chi connectivity index (χ4n) is 1.73. The fourth-order valence-corrected chi connectivity index (χ4v) is 1.73. The van der Waals surface area contributed by atoms with Gasteiger partial charge in [0.1, 0.15) is 5.82 Å². The molecule has 1 N–H and O–H groups in total. The van der Waals surface area contributed by atoms with Gasteiger partial charge in [-0.2, -0.15) is 0 Å². The Morgan fingerprint density at radius 1 is 1.47 bits per heavy atom. The van der Waals surface area contributed by atoms with Gasteiger partial charge in [0.25, 0.3) is 0 Å². The predicted octanol–water partition coefficient (Wildman–Crippen LogP) is 1.13. The van der Waals surface area contributed by atoms with Crippen LogP contribution >= 0.6 is 0 Å². The molecular formula is C11H15N3O. The molecule has 0 aromatic carbocycles. The van der Waals surface area contributed by atoms with Crippen molar-refractivity contribution in [3.8, 4) is 0 Å². The van der Waals surface area contributed by atoms with Crippen LogP contribution in [0.5, 0.6) is 0 Å². The Morgan fingerprint density at radius 2 is 2.33 bits per heavy atom. The fraction of sp³-hybridized carbons (Fsp3) is 0.455. The second-order valence-electron chi connectivity index (χ2n) is 3.79. The number of aliphatic hydroxyl groups is 1. The molecule has 4 nitrogen and oxygen atoms in total. The van der Waals surface area contributed by atoms with Gasteiger partial charge >= 0.3 is 0 Å². The van der Waals surface area contributed by atoms with E-state index in [-0.39, 0.29) is 6.61 Å². The van der Waals surface area contributed by atoms with Crippen molar-refractivity contribution in [2.24, 2.45) is 0 Å². The average Bonchev–Trinajstić information content (AvgIpc) is 2.29. The van der Waals surface area contributed by atoms with Gasteiger partial charge in [-0.3, -0.25) is 4.98 Å². The first-order chi connectivity index (χ1) is 7.29. The minimum absolute atomic E-state index is 0.0521. The summed E-state index contributed by atoms with van der Waals surface area (Å²) >= 11 is 0. The molecule has 0 spiro atoms. The zero-order valence-corrected chi connectivity index (χ0v) is 8.85. The third-order valence-corrected chi connectivity index (χ3v) is 2.49. The number of hydrogen-bond donors (Lipinski definition) is 1. The summed E-state index contributed by atoms with van der Waals surface area (Å²) in [5, 5.41) is 8.98. The van der Waals surface area contributed by atoms with Gasteiger partial charge in [0.2, 0.25) is 0 Å². The van der Waals surface area contributed by atoms with Crippen LogP contribution in [0.2, 0.25) is 0 Å². The Hall–Kier alpha value is -1.42. The quantitative estimate of drug-likeness (QED) is 0.735. The van der Waals surface area contributed by atoms with E-state index in [0.717, 1.165) is 25.3 Å². The van der Waals surface area contributed by atoms with E-state index >= 15 is 0 Å². The lowest BCUT2D eigenvalue weighted by molar-refractivity contribution is 0.276. The lowest BCUT2D eigenvalue weighted by Crippen LogP contribution is -2.30. The number of aromatic nitrogens is 2. The minimum Gasteiger partial charge on any atom is -0.390 e. The molecule has 0 unspecified atom stereocenters. The second-order valence-corrected chi connectivity index (χ2v) is 3.79. The van der Waals surface area contributed by atoms with Crippen LogP contribution in [0.1, 0.15) is 19.0 Å². The molecule has 1 aromatic heterocycles. The zero-order valence-electron chi connectivity index (χ0n) is 8.85. The smallest absolute Gasteiger partial charge is 0.147 e. The van der Waals surface area contributed by atoms with Crippen molar-refractivity contribution in [3.63, 3.8) is 0 Å². The highest BCUT2D eigenvalue weighted by Gasteiger charge is 2.12. The summed E-state index contributed by atoms with van der Waals surface area (Å²) in [5.74, 6) is 0.856. The maximum absolute atomic E-state index is 8.98. The molecule has 4 heteroatoms. The number of anilines is 1. The molecular weight excluding hydrogens is 190 g/mol. The van der Waals surface area contributed by atoms with Crippen molar-refractivity contribution in [1.29, 1.82) is 0 Å². The molecule has 0 saturated heterocycles. The molecule has 0 atom stereocenters. The average molecular weight is 205 g/mol. The van der Waals surface area contributed by atoms with Gasteiger partial charge in [0.05, 0.1) is 24.7 Å². The van der Waals surface area contributed by atoms with E-state index in [1.54, 1.807) is 12.4 Å². The molecule has 2 heterocycles. The summed E-state index contributed by atoms with van der Waals surface area (Å²) in [7, 11) is 0. The first-order valence-electron chi connectivity index (χ1n) is 5.12. The van der Waals surface area contributed by atoms with Crippen molar-refractivity contribution in [1.82, 2.24) is 9.97 Å². The molecule has 0 radical (unpaired) electrons. The van der Waals surface area contributed by atoms with Crippen LogP contribution < -0.4 is 4.90 Å². The maximum atomic E-state index is 8.98. The van der Waals surface area contributed by atoms with E-state index in [1.165, 1.54) is 5.57 Å². The number of hydrogen-bond acceptors (Lipinski definition) is 4. The van der Waals surface area contributed by atoms with Crippen molar-refractivity contribution >= 4 is 5.82 Å². The van der Waals surface area contributed by atoms with Crippen LogP contribution in [0.25, 0.3) is 0 Å². The Bertz CT molecular complexity index is 376. The molecule has 0 aliphatic carbocycles. The van der Waals surface area contributed by atoms with Crippen molar-refractivity contribution < 1.29 is 5.11 Å². The Kier molecular flexibility index (Phi) is 2.97. The van der Waals surface area contributed by atoms with E-state index in [0.29, 0.717) is 5.69 Å². The first kappa shape index (κ1) is 10.1. The highest BCUT2D eigenvalue weighted by atomic mass is 16.3. The van der Waals surface area contributed by atoms with Crippen LogP contribution in [0.15, 0.2) is 24.0 Å². The van der Waals surface area contributed by atoms with E-state index in [9.17, 15) is 0 Å². The Labute approximate surface area is 89.3 Å². The SMILES string of the molecule is CC1=CCCN(c2cncc(CO)n2)C1. The van der Waals surface area contributed by atoms with Crippen LogP contribution in [-0.2, 0) is 6.61 Å². The van der Waals surface area contributed by atoms with Crippen molar-refractivity contribution in [3.05, 3.63) is 29.7 Å². The van der Waals surface area contributed by atoms with E-state index in [1.807, 2.05) is 0 Å². The molecule has 2 rings (SSSR count). The highest BCUT2D eigenvalue weighted by molar-refractivity contribution is 5.39. The summed E-state index contributed by atoms with van der Waals surface area (Å²) in [4.78, 5) is 10.6. The summed E-state index contributed by atoms with van der Waals surface area (Å²) in [6.07, 6.45) is 6.64. The van der Waals surface area contributed by atoms with E-state index < -0.39 is 0 Å².